The van der Waals surface area contributed by atoms with Gasteiger partial charge >= 0.3 is 18.2 Å². The highest BCUT2D eigenvalue weighted by Gasteiger charge is 2.49. The Kier molecular flexibility index (Phi) is 9.00. The average Bonchev–Trinajstić information content (AvgIpc) is 3.48. The van der Waals surface area contributed by atoms with Gasteiger partial charge in [-0.25, -0.2) is 9.59 Å². The Hall–Kier alpha value is -4.61. The first-order chi connectivity index (χ1) is 22.0. The minimum absolute atomic E-state index is 0.0865. The van der Waals surface area contributed by atoms with Gasteiger partial charge in [0, 0.05) is 55.1 Å². The van der Waals surface area contributed by atoms with E-state index in [1.54, 1.807) is 24.3 Å². The first-order valence-corrected chi connectivity index (χ1v) is 14.7. The molecule has 5 rings (SSSR count). The second kappa shape index (κ2) is 12.5. The molecule has 1 fully saturated rings. The summed E-state index contributed by atoms with van der Waals surface area (Å²) in [5.74, 6) is -3.49. The molecule has 0 bridgehead atoms. The van der Waals surface area contributed by atoms with E-state index in [1.807, 2.05) is 7.05 Å². The third-order valence-electron chi connectivity index (χ3n) is 7.87. The summed E-state index contributed by atoms with van der Waals surface area (Å²) in [5.41, 5.74) is -0.994. The van der Waals surface area contributed by atoms with E-state index in [1.165, 1.54) is 13.8 Å². The molecule has 250 valence electrons. The molecule has 3 aromatic rings. The van der Waals surface area contributed by atoms with E-state index < -0.39 is 40.2 Å². The van der Waals surface area contributed by atoms with Crippen LogP contribution in [-0.4, -0.2) is 82.0 Å². The van der Waals surface area contributed by atoms with Crippen molar-refractivity contribution in [1.82, 2.24) is 19.7 Å². The predicted molar refractivity (Wildman–Crippen MR) is 165 cm³/mol. The van der Waals surface area contributed by atoms with Crippen molar-refractivity contribution in [1.29, 1.82) is 0 Å². The van der Waals surface area contributed by atoms with Gasteiger partial charge in [-0.05, 0) is 45.2 Å². The van der Waals surface area contributed by atoms with E-state index in [2.05, 4.69) is 30.4 Å². The van der Waals surface area contributed by atoms with Gasteiger partial charge in [0.1, 0.15) is 5.69 Å². The van der Waals surface area contributed by atoms with E-state index in [-0.39, 0.29) is 44.9 Å². The number of carbonyl (C=O) groups excluding carboxylic acids is 3. The zero-order valence-corrected chi connectivity index (χ0v) is 26.5. The molecule has 1 saturated heterocycles. The smallest absolute Gasteiger partial charge is 0.369 e. The Morgan fingerprint density at radius 3 is 2.17 bits per heavy atom. The number of halogens is 5. The molecular formula is C28H27Cl2F3N8O6. The second-order valence-corrected chi connectivity index (χ2v) is 12.1. The number of nitrogens with zero attached hydrogens (tertiary/aromatic N) is 6. The van der Waals surface area contributed by atoms with E-state index in [0.29, 0.717) is 4.85 Å². The van der Waals surface area contributed by atoms with Crippen molar-refractivity contribution in [3.63, 3.8) is 0 Å². The number of hydrogen-bond donors (Lipinski definition) is 2. The van der Waals surface area contributed by atoms with Crippen LogP contribution in [0.25, 0.3) is 0 Å². The van der Waals surface area contributed by atoms with E-state index in [0.717, 1.165) is 48.9 Å². The zero-order chi connectivity index (χ0) is 34.4. The molecule has 2 aliphatic heterocycles. The number of likely N-dealkylation sites (N-methyl/N-ethyl adjacent to an activating group) is 1. The maximum atomic E-state index is 13.5. The molecule has 19 heteroatoms. The van der Waals surface area contributed by atoms with Gasteiger partial charge in [-0.15, -0.1) is 5.10 Å². The molecule has 3 heterocycles. The first-order valence-electron chi connectivity index (χ1n) is 14.0. The molecule has 0 spiro atoms. The van der Waals surface area contributed by atoms with Gasteiger partial charge in [0.05, 0.1) is 32.7 Å². The van der Waals surface area contributed by atoms with Crippen molar-refractivity contribution in [3.05, 3.63) is 73.4 Å². The normalized spacial score (nSPS) is 16.1. The van der Waals surface area contributed by atoms with Gasteiger partial charge in [0.25, 0.3) is 11.6 Å². The fraction of sp³-hybridized carbons (Fsp3) is 0.357. The van der Waals surface area contributed by atoms with Crippen molar-refractivity contribution >= 4 is 64.0 Å². The summed E-state index contributed by atoms with van der Waals surface area (Å²) in [6.07, 6.45) is -5.38. The first kappa shape index (κ1) is 33.7. The summed E-state index contributed by atoms with van der Waals surface area (Å²) < 4.78 is 39.5. The summed E-state index contributed by atoms with van der Waals surface area (Å²) in [6, 6.07) is 7.82. The summed E-state index contributed by atoms with van der Waals surface area (Å²) in [7, 11) is 2.03. The molecule has 47 heavy (non-hydrogen) atoms. The van der Waals surface area contributed by atoms with Crippen LogP contribution in [0.3, 0.4) is 0 Å². The van der Waals surface area contributed by atoms with Crippen LogP contribution in [0.15, 0.2) is 36.4 Å². The Balaban J connectivity index is 1.42. The fourth-order valence-corrected chi connectivity index (χ4v) is 5.88. The lowest BCUT2D eigenvalue weighted by molar-refractivity contribution is -0.384. The van der Waals surface area contributed by atoms with Gasteiger partial charge in [-0.3, -0.25) is 14.9 Å². The lowest BCUT2D eigenvalue weighted by Crippen LogP contribution is -2.45. The molecule has 0 radical (unpaired) electrons. The number of piperazine rings is 1. The number of nitrogens with one attached hydrogen (secondary N) is 2. The largest absolute Gasteiger partial charge is 0.493 e. The number of urea groups is 1. The molecule has 0 aliphatic carbocycles. The zero-order valence-electron chi connectivity index (χ0n) is 25.0. The molecule has 0 saturated carbocycles. The molecule has 2 aromatic carbocycles. The maximum Gasteiger partial charge on any atom is 0.493 e. The van der Waals surface area contributed by atoms with Crippen LogP contribution in [0.4, 0.5) is 40.8 Å². The Morgan fingerprint density at radius 1 is 1.02 bits per heavy atom. The summed E-state index contributed by atoms with van der Waals surface area (Å²) in [5, 5.41) is 19.6. The third-order valence-corrected chi connectivity index (χ3v) is 8.47. The number of anilines is 3. The number of carbonyl (C=O) groups is 3. The van der Waals surface area contributed by atoms with Crippen molar-refractivity contribution < 1.29 is 37.3 Å². The lowest BCUT2D eigenvalue weighted by Gasteiger charge is -2.34. The highest BCUT2D eigenvalue weighted by molar-refractivity contribution is 6.40. The topological polar surface area (TPSA) is 155 Å². The van der Waals surface area contributed by atoms with Gasteiger partial charge in [0.15, 0.2) is 5.82 Å². The van der Waals surface area contributed by atoms with E-state index in [4.69, 9.17) is 23.2 Å². The number of amides is 3. The number of hydrogen-bond acceptors (Lipinski definition) is 9. The minimum atomic E-state index is -5.38. The van der Waals surface area contributed by atoms with Crippen LogP contribution < -0.4 is 20.4 Å². The molecular weight excluding hydrogens is 672 g/mol. The van der Waals surface area contributed by atoms with Crippen molar-refractivity contribution in [2.75, 3.05) is 48.8 Å². The summed E-state index contributed by atoms with van der Waals surface area (Å²) >= 11 is 12.3. The molecule has 1 aromatic heterocycles. The average molecular weight is 699 g/mol. The summed E-state index contributed by atoms with van der Waals surface area (Å²) in [4.78, 5) is 59.4. The number of alkyl halides is 3. The molecule has 3 amide bonds. The van der Waals surface area contributed by atoms with Crippen LogP contribution in [0.2, 0.25) is 10.0 Å². The van der Waals surface area contributed by atoms with Crippen LogP contribution in [-0.2, 0) is 16.9 Å². The quantitative estimate of drug-likeness (QED) is 0.270. The molecule has 2 N–H and O–H groups in total. The number of non-ortho nitro benzene ring substituents is 1. The van der Waals surface area contributed by atoms with Crippen LogP contribution in [0, 0.1) is 10.1 Å². The Labute approximate surface area is 275 Å². The predicted octanol–water partition coefficient (Wildman–Crippen LogP) is 4.90. The van der Waals surface area contributed by atoms with Crippen molar-refractivity contribution in [3.8, 4) is 0 Å². The number of rotatable bonds is 6. The molecule has 0 unspecified atom stereocenters. The van der Waals surface area contributed by atoms with Gasteiger partial charge in [-0.2, -0.15) is 13.2 Å². The fourth-order valence-electron chi connectivity index (χ4n) is 5.31. The molecule has 2 aliphatic rings. The number of nitro benzene ring substituents is 1. The number of aromatic nitrogens is 2. The number of benzene rings is 2. The minimum Gasteiger partial charge on any atom is -0.369 e. The Morgan fingerprint density at radius 2 is 1.62 bits per heavy atom. The second-order valence-electron chi connectivity index (χ2n) is 11.3. The SMILES string of the molecule is CN1CCN(c2ccc(C(=O)Nc3nn(OC(=O)C(F)(F)F)c4c3CN(C(=O)Nc3c(Cl)cc([N+](=O)[O-])cc3Cl)C4(C)C)cc2)CC1. The third kappa shape index (κ3) is 6.77. The van der Waals surface area contributed by atoms with E-state index in [9.17, 15) is 37.7 Å². The standard InChI is InChI=1S/C28H27Cl2F3N8O6/c1-27(2)22-18(14-39(27)26(44)34-21-19(29)12-17(41(45)46)13-20(21)30)23(36-40(22)47-25(43)28(31,32)33)35-24(42)15-4-6-16(7-5-15)38-10-8-37(3)9-11-38/h4-7,12-13H,8-11,14H2,1-3H3,(H,34,44)(H,35,36,42). The highest BCUT2D eigenvalue weighted by Crippen LogP contribution is 2.43. The number of fused-ring (bicyclic) bond motifs is 1. The monoisotopic (exact) mass is 698 g/mol. The highest BCUT2D eigenvalue weighted by atomic mass is 35.5. The number of nitro groups is 1. The van der Waals surface area contributed by atoms with Gasteiger partial charge in [0.2, 0.25) is 0 Å². The van der Waals surface area contributed by atoms with Crippen LogP contribution >= 0.6 is 23.2 Å². The lowest BCUT2D eigenvalue weighted by atomic mass is 10.0. The van der Waals surface area contributed by atoms with Crippen LogP contribution in [0.1, 0.15) is 35.5 Å². The molecule has 0 atom stereocenters. The Bertz CT molecular complexity index is 1730. The van der Waals surface area contributed by atoms with Gasteiger partial charge < -0.3 is 30.2 Å². The van der Waals surface area contributed by atoms with Crippen LogP contribution in [0.5, 0.6) is 0 Å². The maximum absolute atomic E-state index is 13.5. The van der Waals surface area contributed by atoms with Crippen molar-refractivity contribution in [2.24, 2.45) is 0 Å². The van der Waals surface area contributed by atoms with Gasteiger partial charge in [-0.1, -0.05) is 28.0 Å². The van der Waals surface area contributed by atoms with E-state index >= 15 is 0 Å². The molecule has 14 nitrogen and oxygen atoms in total. The summed E-state index contributed by atoms with van der Waals surface area (Å²) in [6.45, 7) is 5.95. The van der Waals surface area contributed by atoms with Crippen molar-refractivity contribution in [2.45, 2.75) is 32.1 Å².